The predicted octanol–water partition coefficient (Wildman–Crippen LogP) is 1.70. The smallest absolute Gasteiger partial charge is 0.459 e. The van der Waals surface area contributed by atoms with Crippen molar-refractivity contribution in [2.24, 2.45) is 0 Å². The van der Waals surface area contributed by atoms with E-state index >= 15 is 4.39 Å². The highest BCUT2D eigenvalue weighted by Crippen LogP contribution is 2.54. The number of para-hydroxylation sites is 1. The molecular weight excluding hydrogens is 557 g/mol. The van der Waals surface area contributed by atoms with Crippen LogP contribution in [0.2, 0.25) is 0 Å². The van der Waals surface area contributed by atoms with Crippen LogP contribution in [-0.4, -0.2) is 59.2 Å². The van der Waals surface area contributed by atoms with Gasteiger partial charge in [0.2, 0.25) is 0 Å². The molecule has 1 fully saturated rings. The molecule has 6 atom stereocenters. The first-order valence-electron chi connectivity index (χ1n) is 12.8. The number of halogens is 1. The second kappa shape index (κ2) is 13.0. The zero-order chi connectivity index (χ0) is 29.6. The van der Waals surface area contributed by atoms with Gasteiger partial charge in [-0.2, -0.15) is 10.1 Å². The third kappa shape index (κ3) is 7.60. The maximum atomic E-state index is 15.7. The lowest BCUT2D eigenvalue weighted by Gasteiger charge is -2.28. The zero-order valence-electron chi connectivity index (χ0n) is 22.5. The molecule has 218 valence electrons. The summed E-state index contributed by atoms with van der Waals surface area (Å²) in [5.74, 6) is -0.564. The Hall–Kier alpha value is -3.55. The van der Waals surface area contributed by atoms with E-state index in [9.17, 15) is 19.3 Å². The number of aromatic nitrogens is 2. The standard InChI is InChI=1S/C26H31BFN4O8P/c1-17(24(34)37-15-18-8-4-2-5-9-18)31-41(36,40-19-10-6-3-7-11-19)38-16-20(39-27)23(33)26(28)14-21(26)32-13-12-22(29)30-25(32)35/h2-13,17,20-21,23,33H,14-16,27H2,1H3,(H,31,36)(H2,29,30,35)/t17-,20?,21+,23-,26-,41?/m0/s1. The fourth-order valence-electron chi connectivity index (χ4n) is 4.17. The lowest BCUT2D eigenvalue weighted by molar-refractivity contribution is -0.146. The number of ether oxygens (including phenoxy) is 1. The first kappa shape index (κ1) is 30.4. The van der Waals surface area contributed by atoms with Crippen LogP contribution in [0.4, 0.5) is 10.2 Å². The molecule has 0 radical (unpaired) electrons. The number of aliphatic hydroxyl groups excluding tert-OH is 1. The van der Waals surface area contributed by atoms with E-state index in [0.29, 0.717) is 0 Å². The molecule has 0 amide bonds. The lowest BCUT2D eigenvalue weighted by Crippen LogP contribution is -2.43. The number of hydrogen-bond acceptors (Lipinski definition) is 10. The molecule has 1 heterocycles. The summed E-state index contributed by atoms with van der Waals surface area (Å²) in [7, 11) is -3.10. The summed E-state index contributed by atoms with van der Waals surface area (Å²) >= 11 is 0. The Kier molecular flexibility index (Phi) is 9.62. The molecule has 1 aliphatic rings. The van der Waals surface area contributed by atoms with Crippen molar-refractivity contribution >= 4 is 27.6 Å². The summed E-state index contributed by atoms with van der Waals surface area (Å²) in [6, 6.07) is 16.3. The number of carbonyl (C=O) groups is 1. The number of hydrogen-bond donors (Lipinski definition) is 3. The quantitative estimate of drug-likeness (QED) is 0.143. The van der Waals surface area contributed by atoms with E-state index in [0.717, 1.165) is 10.1 Å². The Labute approximate surface area is 236 Å². The second-order valence-corrected chi connectivity index (χ2v) is 11.2. The molecule has 0 aliphatic heterocycles. The summed E-state index contributed by atoms with van der Waals surface area (Å²) in [5.41, 5.74) is 3.25. The zero-order valence-corrected chi connectivity index (χ0v) is 23.4. The molecule has 3 aromatic rings. The van der Waals surface area contributed by atoms with Crippen molar-refractivity contribution in [3.05, 3.63) is 89.0 Å². The predicted molar refractivity (Wildman–Crippen MR) is 149 cm³/mol. The van der Waals surface area contributed by atoms with Gasteiger partial charge in [0.25, 0.3) is 8.05 Å². The molecule has 1 saturated carbocycles. The first-order valence-corrected chi connectivity index (χ1v) is 14.3. The number of aliphatic hydroxyl groups is 1. The molecule has 2 aromatic carbocycles. The van der Waals surface area contributed by atoms with E-state index in [-0.39, 0.29) is 24.6 Å². The number of nitrogens with zero attached hydrogens (tertiary/aromatic N) is 2. The minimum absolute atomic E-state index is 0.000693. The largest absolute Gasteiger partial charge is 0.460 e. The van der Waals surface area contributed by atoms with Crippen LogP contribution in [0, 0.1) is 0 Å². The van der Waals surface area contributed by atoms with Crippen molar-refractivity contribution in [1.82, 2.24) is 14.6 Å². The third-order valence-electron chi connectivity index (χ3n) is 6.54. The summed E-state index contributed by atoms with van der Waals surface area (Å²) in [6.45, 7) is 0.832. The van der Waals surface area contributed by atoms with Gasteiger partial charge in [-0.25, -0.2) is 13.8 Å². The average molecular weight is 588 g/mol. The number of nitrogens with two attached hydrogens (primary N) is 1. The SMILES string of the molecule is BOC(COP(=O)(N[C@@H](C)C(=O)OCc1ccccc1)Oc1ccccc1)[C@H](O)[C@]1(F)C[C@H]1n1ccc(N)nc1=O. The van der Waals surface area contributed by atoms with Gasteiger partial charge in [-0.1, -0.05) is 48.5 Å². The minimum atomic E-state index is -4.32. The first-order chi connectivity index (χ1) is 19.5. The van der Waals surface area contributed by atoms with Gasteiger partial charge in [-0.3, -0.25) is 13.9 Å². The van der Waals surface area contributed by atoms with Crippen LogP contribution >= 0.6 is 7.75 Å². The molecule has 0 bridgehead atoms. The molecular formula is C26H31BFN4O8P. The molecule has 12 nitrogen and oxygen atoms in total. The van der Waals surface area contributed by atoms with Crippen molar-refractivity contribution in [1.29, 1.82) is 0 Å². The van der Waals surface area contributed by atoms with Gasteiger partial charge in [0.1, 0.15) is 30.3 Å². The average Bonchev–Trinajstić information content (AvgIpc) is 3.64. The van der Waals surface area contributed by atoms with Crippen molar-refractivity contribution in [3.8, 4) is 5.75 Å². The van der Waals surface area contributed by atoms with Crippen LogP contribution < -0.4 is 21.0 Å². The fourth-order valence-corrected chi connectivity index (χ4v) is 5.67. The number of esters is 1. The summed E-state index contributed by atoms with van der Waals surface area (Å²) in [4.78, 5) is 28.4. The maximum absolute atomic E-state index is 15.7. The summed E-state index contributed by atoms with van der Waals surface area (Å²) in [5, 5.41) is 13.4. The van der Waals surface area contributed by atoms with Crippen LogP contribution in [0.25, 0.3) is 0 Å². The van der Waals surface area contributed by atoms with Gasteiger partial charge < -0.3 is 24.8 Å². The van der Waals surface area contributed by atoms with Crippen molar-refractivity contribution < 1.29 is 37.3 Å². The number of benzene rings is 2. The third-order valence-corrected chi connectivity index (χ3v) is 8.18. The Morgan fingerprint density at radius 2 is 1.90 bits per heavy atom. The Morgan fingerprint density at radius 3 is 2.54 bits per heavy atom. The molecule has 4 rings (SSSR count). The number of anilines is 1. The highest BCUT2D eigenvalue weighted by molar-refractivity contribution is 7.52. The minimum Gasteiger partial charge on any atom is -0.460 e. The molecule has 1 aliphatic carbocycles. The molecule has 15 heteroatoms. The summed E-state index contributed by atoms with van der Waals surface area (Å²) in [6.07, 6.45) is -2.00. The molecule has 2 unspecified atom stereocenters. The van der Waals surface area contributed by atoms with Crippen molar-refractivity contribution in [2.75, 3.05) is 12.3 Å². The van der Waals surface area contributed by atoms with Crippen LogP contribution in [-0.2, 0) is 29.9 Å². The van der Waals surface area contributed by atoms with E-state index in [4.69, 9.17) is 24.2 Å². The van der Waals surface area contributed by atoms with Crippen LogP contribution in [0.5, 0.6) is 5.75 Å². The van der Waals surface area contributed by atoms with Gasteiger partial charge >= 0.3 is 19.4 Å². The number of alkyl halides is 1. The molecule has 0 saturated heterocycles. The summed E-state index contributed by atoms with van der Waals surface area (Å²) < 4.78 is 52.2. The van der Waals surface area contributed by atoms with E-state index in [1.165, 1.54) is 39.4 Å². The number of nitrogen functional groups attached to an aromatic ring is 1. The van der Waals surface area contributed by atoms with Crippen molar-refractivity contribution in [3.63, 3.8) is 0 Å². The van der Waals surface area contributed by atoms with E-state index in [1.54, 1.807) is 42.5 Å². The van der Waals surface area contributed by atoms with Gasteiger partial charge in [0.15, 0.2) is 5.67 Å². The van der Waals surface area contributed by atoms with Crippen LogP contribution in [0.15, 0.2) is 77.7 Å². The number of rotatable bonds is 14. The van der Waals surface area contributed by atoms with Crippen molar-refractivity contribution in [2.45, 2.75) is 49.9 Å². The van der Waals surface area contributed by atoms with Gasteiger partial charge in [-0.15, -0.1) is 0 Å². The molecule has 4 N–H and O–H groups in total. The molecule has 0 spiro atoms. The molecule has 41 heavy (non-hydrogen) atoms. The Bertz CT molecular complexity index is 1440. The highest BCUT2D eigenvalue weighted by atomic mass is 31.2. The lowest BCUT2D eigenvalue weighted by atomic mass is 10.1. The fraction of sp³-hybridized carbons (Fsp3) is 0.346. The maximum Gasteiger partial charge on any atom is 0.459 e. The topological polar surface area (TPSA) is 164 Å². The second-order valence-electron chi connectivity index (χ2n) is 9.55. The highest BCUT2D eigenvalue weighted by Gasteiger charge is 2.64. The van der Waals surface area contributed by atoms with E-state index in [2.05, 4.69) is 10.1 Å². The monoisotopic (exact) mass is 588 g/mol. The van der Waals surface area contributed by atoms with Crippen LogP contribution in [0.3, 0.4) is 0 Å². The van der Waals surface area contributed by atoms with E-state index < -0.39 is 56.0 Å². The Morgan fingerprint density at radius 1 is 1.24 bits per heavy atom. The number of nitrogens with one attached hydrogen (secondary N) is 1. The Balaban J connectivity index is 1.44. The normalized spacial score (nSPS) is 21.7. The van der Waals surface area contributed by atoms with Gasteiger partial charge in [-0.05, 0) is 30.7 Å². The number of carbonyl (C=O) groups excluding carboxylic acids is 1. The van der Waals surface area contributed by atoms with Gasteiger partial charge in [0, 0.05) is 12.6 Å². The van der Waals surface area contributed by atoms with Gasteiger partial charge in [0.05, 0.1) is 18.8 Å². The van der Waals surface area contributed by atoms with E-state index in [1.807, 2.05) is 6.07 Å². The molecule has 1 aromatic heterocycles. The van der Waals surface area contributed by atoms with Crippen LogP contribution in [0.1, 0.15) is 24.9 Å².